The van der Waals surface area contributed by atoms with E-state index in [1.54, 1.807) is 6.07 Å². The predicted molar refractivity (Wildman–Crippen MR) is 88.6 cm³/mol. The van der Waals surface area contributed by atoms with Gasteiger partial charge in [0, 0.05) is 5.56 Å². The van der Waals surface area contributed by atoms with Crippen molar-refractivity contribution in [1.29, 1.82) is 0 Å². The fourth-order valence-corrected chi connectivity index (χ4v) is 3.28. The molecule has 2 aromatic carbocycles. The zero-order valence-corrected chi connectivity index (χ0v) is 13.2. The lowest BCUT2D eigenvalue weighted by atomic mass is 9.82. The number of carbonyl (C=O) groups is 2. The third kappa shape index (κ3) is 3.15. The lowest BCUT2D eigenvalue weighted by Crippen LogP contribution is -2.41. The maximum Gasteiger partial charge on any atom is 0.244 e. The minimum Gasteiger partial charge on any atom is -0.368 e. The molecule has 3 N–H and O–H groups in total. The Kier molecular flexibility index (Phi) is 4.60. The van der Waals surface area contributed by atoms with Crippen LogP contribution in [0.5, 0.6) is 0 Å². The van der Waals surface area contributed by atoms with Gasteiger partial charge in [-0.15, -0.1) is 0 Å². The molecule has 0 unspecified atom stereocenters. The standard InChI is InChI=1S/C19H19FN2O2/c20-16-11-4-3-9-15(16)17(18(21)23)22-19(24)14-10-5-7-12-6-1-2-8-13(12)14/h1-4,6,8-9,11,14,17H,5,7,10H2,(H2,21,23)(H,22,24)/t14-,17-/m0/s1. The lowest BCUT2D eigenvalue weighted by Gasteiger charge is -2.26. The van der Waals surface area contributed by atoms with Crippen LogP contribution in [0.1, 0.15) is 41.5 Å². The Morgan fingerprint density at radius 3 is 2.58 bits per heavy atom. The number of carbonyl (C=O) groups excluding carboxylic acids is 2. The van der Waals surface area contributed by atoms with Gasteiger partial charge in [-0.2, -0.15) is 0 Å². The van der Waals surface area contributed by atoms with E-state index in [9.17, 15) is 14.0 Å². The first kappa shape index (κ1) is 16.2. The van der Waals surface area contributed by atoms with Crippen LogP contribution in [-0.4, -0.2) is 11.8 Å². The normalized spacial score (nSPS) is 17.6. The highest BCUT2D eigenvalue weighted by atomic mass is 19.1. The van der Waals surface area contributed by atoms with Crippen molar-refractivity contribution < 1.29 is 14.0 Å². The molecule has 0 heterocycles. The van der Waals surface area contributed by atoms with Crippen LogP contribution in [0.25, 0.3) is 0 Å². The van der Waals surface area contributed by atoms with Crippen molar-refractivity contribution in [3.05, 3.63) is 71.0 Å². The summed E-state index contributed by atoms with van der Waals surface area (Å²) in [5, 5.41) is 2.63. The molecule has 1 aliphatic rings. The molecule has 2 aromatic rings. The molecule has 5 heteroatoms. The van der Waals surface area contributed by atoms with E-state index in [0.717, 1.165) is 24.0 Å². The van der Waals surface area contributed by atoms with Crippen molar-refractivity contribution in [3.8, 4) is 0 Å². The molecule has 0 bridgehead atoms. The van der Waals surface area contributed by atoms with Gasteiger partial charge in [-0.1, -0.05) is 42.5 Å². The summed E-state index contributed by atoms with van der Waals surface area (Å²) in [6.07, 6.45) is 2.54. The Morgan fingerprint density at radius 1 is 1.12 bits per heavy atom. The second-order valence-electron chi connectivity index (χ2n) is 6.01. The summed E-state index contributed by atoms with van der Waals surface area (Å²) in [6.45, 7) is 0. The van der Waals surface area contributed by atoms with Crippen LogP contribution >= 0.6 is 0 Å². The second kappa shape index (κ2) is 6.83. The molecule has 4 nitrogen and oxygen atoms in total. The average molecular weight is 326 g/mol. The van der Waals surface area contributed by atoms with Crippen LogP contribution in [-0.2, 0) is 16.0 Å². The SMILES string of the molecule is NC(=O)[C@@H](NC(=O)[C@H]1CCCc2ccccc21)c1ccccc1F. The molecule has 0 fully saturated rings. The Hall–Kier alpha value is -2.69. The van der Waals surface area contributed by atoms with Crippen LogP contribution in [0.2, 0.25) is 0 Å². The average Bonchev–Trinajstić information content (AvgIpc) is 2.59. The number of nitrogens with two attached hydrogens (primary N) is 1. The smallest absolute Gasteiger partial charge is 0.244 e. The highest BCUT2D eigenvalue weighted by molar-refractivity contribution is 5.91. The quantitative estimate of drug-likeness (QED) is 0.906. The zero-order valence-electron chi connectivity index (χ0n) is 13.2. The molecule has 0 radical (unpaired) electrons. The van der Waals surface area contributed by atoms with Gasteiger partial charge < -0.3 is 11.1 Å². The van der Waals surface area contributed by atoms with Gasteiger partial charge in [0.25, 0.3) is 0 Å². The Bertz CT molecular complexity index is 775. The number of primary amides is 1. The van der Waals surface area contributed by atoms with Crippen LogP contribution in [0, 0.1) is 5.82 Å². The maximum absolute atomic E-state index is 14.0. The number of hydrogen-bond acceptors (Lipinski definition) is 2. The van der Waals surface area contributed by atoms with E-state index >= 15 is 0 Å². The van der Waals surface area contributed by atoms with Crippen molar-refractivity contribution in [2.75, 3.05) is 0 Å². The zero-order chi connectivity index (χ0) is 17.1. The van der Waals surface area contributed by atoms with Gasteiger partial charge in [0.1, 0.15) is 11.9 Å². The first-order valence-corrected chi connectivity index (χ1v) is 8.00. The highest BCUT2D eigenvalue weighted by Gasteiger charge is 2.30. The third-order valence-corrected chi connectivity index (χ3v) is 4.47. The Balaban J connectivity index is 1.86. The van der Waals surface area contributed by atoms with E-state index in [-0.39, 0.29) is 17.4 Å². The first-order chi connectivity index (χ1) is 11.6. The Morgan fingerprint density at radius 2 is 1.83 bits per heavy atom. The van der Waals surface area contributed by atoms with E-state index in [2.05, 4.69) is 5.32 Å². The topological polar surface area (TPSA) is 72.2 Å². The number of fused-ring (bicyclic) bond motifs is 1. The van der Waals surface area contributed by atoms with Gasteiger partial charge >= 0.3 is 0 Å². The number of hydrogen-bond donors (Lipinski definition) is 2. The van der Waals surface area contributed by atoms with Crippen molar-refractivity contribution in [2.24, 2.45) is 5.73 Å². The number of nitrogens with one attached hydrogen (secondary N) is 1. The number of halogens is 1. The molecule has 124 valence electrons. The molecule has 24 heavy (non-hydrogen) atoms. The Labute approximate surface area is 139 Å². The molecule has 2 atom stereocenters. The van der Waals surface area contributed by atoms with Gasteiger partial charge in [-0.05, 0) is 36.5 Å². The number of rotatable bonds is 4. The third-order valence-electron chi connectivity index (χ3n) is 4.47. The van der Waals surface area contributed by atoms with E-state index < -0.39 is 17.8 Å². The molecule has 0 saturated heterocycles. The van der Waals surface area contributed by atoms with E-state index in [4.69, 9.17) is 5.73 Å². The molecule has 1 aliphatic carbocycles. The molecular weight excluding hydrogens is 307 g/mol. The molecule has 2 amide bonds. The fourth-order valence-electron chi connectivity index (χ4n) is 3.28. The molecular formula is C19H19FN2O2. The van der Waals surface area contributed by atoms with E-state index in [1.165, 1.54) is 18.2 Å². The van der Waals surface area contributed by atoms with E-state index in [1.807, 2.05) is 24.3 Å². The van der Waals surface area contributed by atoms with Gasteiger partial charge in [0.05, 0.1) is 5.92 Å². The number of benzene rings is 2. The predicted octanol–water partition coefficient (Wildman–Crippen LogP) is 2.59. The summed E-state index contributed by atoms with van der Waals surface area (Å²) in [4.78, 5) is 24.5. The molecule has 3 rings (SSSR count). The summed E-state index contributed by atoms with van der Waals surface area (Å²) in [5.41, 5.74) is 7.59. The van der Waals surface area contributed by atoms with Crippen molar-refractivity contribution in [2.45, 2.75) is 31.2 Å². The number of aryl methyl sites for hydroxylation is 1. The van der Waals surface area contributed by atoms with Crippen molar-refractivity contribution >= 4 is 11.8 Å². The first-order valence-electron chi connectivity index (χ1n) is 8.00. The molecule has 0 saturated carbocycles. The second-order valence-corrected chi connectivity index (χ2v) is 6.01. The van der Waals surface area contributed by atoms with Gasteiger partial charge in [0.2, 0.25) is 11.8 Å². The van der Waals surface area contributed by atoms with Gasteiger partial charge in [0.15, 0.2) is 0 Å². The lowest BCUT2D eigenvalue weighted by molar-refractivity contribution is -0.128. The van der Waals surface area contributed by atoms with Gasteiger partial charge in [-0.25, -0.2) is 4.39 Å². The monoisotopic (exact) mass is 326 g/mol. The highest BCUT2D eigenvalue weighted by Crippen LogP contribution is 2.32. The van der Waals surface area contributed by atoms with Crippen LogP contribution < -0.4 is 11.1 Å². The summed E-state index contributed by atoms with van der Waals surface area (Å²) in [7, 11) is 0. The maximum atomic E-state index is 14.0. The minimum absolute atomic E-state index is 0.0856. The largest absolute Gasteiger partial charge is 0.368 e. The fraction of sp³-hybridized carbons (Fsp3) is 0.263. The van der Waals surface area contributed by atoms with Crippen LogP contribution in [0.15, 0.2) is 48.5 Å². The van der Waals surface area contributed by atoms with Gasteiger partial charge in [-0.3, -0.25) is 9.59 Å². The minimum atomic E-state index is -1.17. The molecule has 0 spiro atoms. The molecule has 0 aliphatic heterocycles. The summed E-state index contributed by atoms with van der Waals surface area (Å²) >= 11 is 0. The van der Waals surface area contributed by atoms with Crippen LogP contribution in [0.4, 0.5) is 4.39 Å². The summed E-state index contributed by atoms with van der Waals surface area (Å²) in [5.74, 6) is -1.99. The number of amides is 2. The summed E-state index contributed by atoms with van der Waals surface area (Å²) < 4.78 is 14.0. The van der Waals surface area contributed by atoms with Crippen molar-refractivity contribution in [3.63, 3.8) is 0 Å². The molecule has 0 aromatic heterocycles. The van der Waals surface area contributed by atoms with E-state index in [0.29, 0.717) is 6.42 Å². The van der Waals surface area contributed by atoms with Crippen molar-refractivity contribution in [1.82, 2.24) is 5.32 Å². The summed E-state index contributed by atoms with van der Waals surface area (Å²) in [6, 6.07) is 12.4. The van der Waals surface area contributed by atoms with Crippen LogP contribution in [0.3, 0.4) is 0 Å².